The number of fused-ring (bicyclic) bond motifs is 2. The van der Waals surface area contributed by atoms with Gasteiger partial charge in [0.2, 0.25) is 0 Å². The molecule has 2 unspecified atom stereocenters. The number of benzene rings is 3. The van der Waals surface area contributed by atoms with Crippen molar-refractivity contribution < 1.29 is 28.5 Å². The fourth-order valence-corrected chi connectivity index (χ4v) is 6.69. The molecule has 0 amide bonds. The lowest BCUT2D eigenvalue weighted by Gasteiger charge is -2.39. The number of likely N-dealkylation sites (tertiary alicyclic amines) is 1. The van der Waals surface area contributed by atoms with Crippen molar-refractivity contribution in [2.45, 2.75) is 63.4 Å². The summed E-state index contributed by atoms with van der Waals surface area (Å²) in [6.07, 6.45) is 2.37. The first-order valence-corrected chi connectivity index (χ1v) is 15.2. The topological polar surface area (TPSA) is 86.0 Å². The lowest BCUT2D eigenvalue weighted by atomic mass is 9.85. The number of para-hydroxylation sites is 1. The Bertz CT molecular complexity index is 1690. The molecular weight excluding hydrogens is 573 g/mol. The quantitative estimate of drug-likeness (QED) is 0.254. The van der Waals surface area contributed by atoms with Gasteiger partial charge in [0.1, 0.15) is 18.2 Å². The van der Waals surface area contributed by atoms with Gasteiger partial charge in [-0.05, 0) is 75.0 Å². The molecule has 7 rings (SSSR count). The minimum Gasteiger partial charge on any atom is -0.485 e. The third kappa shape index (κ3) is 5.46. The van der Waals surface area contributed by atoms with Crippen LogP contribution in [-0.2, 0) is 17.8 Å². The Balaban J connectivity index is 1.10. The van der Waals surface area contributed by atoms with Crippen LogP contribution in [0.3, 0.4) is 0 Å². The van der Waals surface area contributed by atoms with Crippen molar-refractivity contribution in [3.05, 3.63) is 88.0 Å². The molecule has 8 nitrogen and oxygen atoms in total. The number of rotatable bonds is 7. The van der Waals surface area contributed by atoms with Crippen molar-refractivity contribution in [2.75, 3.05) is 19.8 Å². The van der Waals surface area contributed by atoms with Gasteiger partial charge in [0.15, 0.2) is 17.6 Å². The summed E-state index contributed by atoms with van der Waals surface area (Å²) < 4.78 is 35.1. The number of piperidine rings is 1. The SMILES string of the molecule is C[C@H]1CC(c2cccc3c2OC(c2ccc(Cl)cc2F)CO3)CCN1Cc1nc2ccc(C(=O)O)cc2n1C[C@@H]1CCO1. The summed E-state index contributed by atoms with van der Waals surface area (Å²) in [6, 6.07) is 16.0. The summed E-state index contributed by atoms with van der Waals surface area (Å²) in [6.45, 7) is 5.38. The highest BCUT2D eigenvalue weighted by atomic mass is 35.5. The number of imidazole rings is 1. The van der Waals surface area contributed by atoms with Crippen LogP contribution in [0.5, 0.6) is 11.5 Å². The number of aromatic carboxylic acids is 1. The molecule has 2 saturated heterocycles. The van der Waals surface area contributed by atoms with Gasteiger partial charge in [0.25, 0.3) is 0 Å². The molecule has 0 saturated carbocycles. The summed E-state index contributed by atoms with van der Waals surface area (Å²) in [7, 11) is 0. The first-order valence-electron chi connectivity index (χ1n) is 14.8. The second-order valence-corrected chi connectivity index (χ2v) is 12.2. The van der Waals surface area contributed by atoms with Gasteiger partial charge in [0.05, 0.1) is 35.8 Å². The van der Waals surface area contributed by atoms with E-state index in [-0.39, 0.29) is 30.2 Å². The predicted molar refractivity (Wildman–Crippen MR) is 160 cm³/mol. The molecular formula is C33H33ClFN3O5. The van der Waals surface area contributed by atoms with Gasteiger partial charge in [-0.15, -0.1) is 0 Å². The molecule has 1 N–H and O–H groups in total. The van der Waals surface area contributed by atoms with E-state index in [2.05, 4.69) is 22.5 Å². The average molecular weight is 606 g/mol. The van der Waals surface area contributed by atoms with Gasteiger partial charge in [-0.1, -0.05) is 29.8 Å². The van der Waals surface area contributed by atoms with Gasteiger partial charge >= 0.3 is 5.97 Å². The third-order valence-electron chi connectivity index (χ3n) is 9.02. The first kappa shape index (κ1) is 28.1. The van der Waals surface area contributed by atoms with E-state index in [0.717, 1.165) is 54.8 Å². The summed E-state index contributed by atoms with van der Waals surface area (Å²) in [5.41, 5.74) is 3.38. The highest BCUT2D eigenvalue weighted by molar-refractivity contribution is 6.30. The number of carboxylic acids is 1. The number of ether oxygens (including phenoxy) is 3. The van der Waals surface area contributed by atoms with Gasteiger partial charge < -0.3 is 23.9 Å². The Morgan fingerprint density at radius 1 is 1.14 bits per heavy atom. The molecule has 0 radical (unpaired) electrons. The van der Waals surface area contributed by atoms with Crippen molar-refractivity contribution in [3.63, 3.8) is 0 Å². The molecule has 43 heavy (non-hydrogen) atoms. The Hall–Kier alpha value is -3.66. The lowest BCUT2D eigenvalue weighted by molar-refractivity contribution is -0.0592. The highest BCUT2D eigenvalue weighted by Crippen LogP contribution is 2.45. The normalized spacial score (nSPS) is 23.7. The maximum absolute atomic E-state index is 14.7. The minimum absolute atomic E-state index is 0.115. The molecule has 3 aliphatic heterocycles. The standard InChI is InChI=1S/C33H33ClFN3O5/c1-19-13-20(24-3-2-4-29-32(24)43-30(18-42-29)25-7-6-22(34)15-26(25)35)9-11-37(19)17-31-36-27-8-5-21(33(39)40)14-28(27)38(31)16-23-10-12-41-23/h2-8,14-15,19-20,23,30H,9-13,16-18H2,1H3,(H,39,40)/t19-,20?,23-,30?/m0/s1. The van der Waals surface area contributed by atoms with Crippen molar-refractivity contribution in [1.82, 2.24) is 14.5 Å². The van der Waals surface area contributed by atoms with E-state index in [1.54, 1.807) is 30.3 Å². The van der Waals surface area contributed by atoms with Crippen molar-refractivity contribution in [1.29, 1.82) is 0 Å². The van der Waals surface area contributed by atoms with Crippen LogP contribution in [0, 0.1) is 5.82 Å². The van der Waals surface area contributed by atoms with E-state index in [1.165, 1.54) is 6.07 Å². The fraction of sp³-hybridized carbons (Fsp3) is 0.394. The van der Waals surface area contributed by atoms with E-state index >= 15 is 0 Å². The second kappa shape index (κ2) is 11.4. The number of aromatic nitrogens is 2. The highest BCUT2D eigenvalue weighted by Gasteiger charge is 2.34. The number of carbonyl (C=O) groups is 1. The smallest absolute Gasteiger partial charge is 0.335 e. The minimum atomic E-state index is -0.950. The van der Waals surface area contributed by atoms with Gasteiger partial charge in [0, 0.05) is 28.8 Å². The van der Waals surface area contributed by atoms with Crippen LogP contribution >= 0.6 is 11.6 Å². The second-order valence-electron chi connectivity index (χ2n) is 11.7. The van der Waals surface area contributed by atoms with Crippen LogP contribution in [0.15, 0.2) is 54.6 Å². The number of nitrogens with zero attached hydrogens (tertiary/aromatic N) is 3. The molecule has 224 valence electrons. The molecule has 1 aromatic heterocycles. The molecule has 10 heteroatoms. The zero-order valence-corrected chi connectivity index (χ0v) is 24.6. The Morgan fingerprint density at radius 2 is 2.00 bits per heavy atom. The van der Waals surface area contributed by atoms with E-state index < -0.39 is 17.9 Å². The summed E-state index contributed by atoms with van der Waals surface area (Å²) in [4.78, 5) is 19.0. The van der Waals surface area contributed by atoms with E-state index in [4.69, 9.17) is 30.8 Å². The Labute approximate surface area is 253 Å². The van der Waals surface area contributed by atoms with Crippen LogP contribution < -0.4 is 9.47 Å². The monoisotopic (exact) mass is 605 g/mol. The van der Waals surface area contributed by atoms with Crippen LogP contribution in [0.1, 0.15) is 65.5 Å². The Kier molecular flexibility index (Phi) is 7.49. The predicted octanol–water partition coefficient (Wildman–Crippen LogP) is 6.60. The Morgan fingerprint density at radius 3 is 2.74 bits per heavy atom. The van der Waals surface area contributed by atoms with Gasteiger partial charge in [-0.2, -0.15) is 0 Å². The van der Waals surface area contributed by atoms with Gasteiger partial charge in [-0.3, -0.25) is 4.90 Å². The van der Waals surface area contributed by atoms with E-state index in [0.29, 0.717) is 35.2 Å². The lowest BCUT2D eigenvalue weighted by Crippen LogP contribution is -2.40. The van der Waals surface area contributed by atoms with Crippen molar-refractivity contribution in [3.8, 4) is 11.5 Å². The number of hydrogen-bond acceptors (Lipinski definition) is 6. The molecule has 4 aromatic rings. The van der Waals surface area contributed by atoms with Crippen LogP contribution in [0.2, 0.25) is 5.02 Å². The van der Waals surface area contributed by atoms with Crippen LogP contribution in [-0.4, -0.2) is 57.4 Å². The van der Waals surface area contributed by atoms with Crippen LogP contribution in [0.25, 0.3) is 11.0 Å². The summed E-state index contributed by atoms with van der Waals surface area (Å²) in [5.74, 6) is 1.19. The number of hydrogen-bond donors (Lipinski definition) is 1. The maximum Gasteiger partial charge on any atom is 0.335 e. The zero-order valence-electron chi connectivity index (χ0n) is 23.8. The van der Waals surface area contributed by atoms with E-state index in [9.17, 15) is 14.3 Å². The van der Waals surface area contributed by atoms with Crippen molar-refractivity contribution >= 4 is 28.6 Å². The third-order valence-corrected chi connectivity index (χ3v) is 9.26. The van der Waals surface area contributed by atoms with Crippen molar-refractivity contribution in [2.24, 2.45) is 0 Å². The zero-order chi connectivity index (χ0) is 29.7. The first-order chi connectivity index (χ1) is 20.8. The number of halogens is 2. The van der Waals surface area contributed by atoms with E-state index in [1.807, 2.05) is 12.1 Å². The van der Waals surface area contributed by atoms with Gasteiger partial charge in [-0.25, -0.2) is 14.2 Å². The average Bonchev–Trinajstić information content (AvgIpc) is 3.31. The van der Waals surface area contributed by atoms with Crippen LogP contribution in [0.4, 0.5) is 4.39 Å². The molecule has 0 aliphatic carbocycles. The maximum atomic E-state index is 14.7. The molecule has 4 atom stereocenters. The molecule has 3 aromatic carbocycles. The largest absolute Gasteiger partial charge is 0.485 e. The summed E-state index contributed by atoms with van der Waals surface area (Å²) in [5, 5.41) is 9.91. The molecule has 4 heterocycles. The number of carboxylic acid groups (broad SMARTS) is 1. The molecule has 0 spiro atoms. The molecule has 3 aliphatic rings. The summed E-state index contributed by atoms with van der Waals surface area (Å²) >= 11 is 5.97. The fourth-order valence-electron chi connectivity index (χ4n) is 6.53. The molecule has 0 bridgehead atoms. The molecule has 2 fully saturated rings.